The molecule has 0 fully saturated rings. The van der Waals surface area contributed by atoms with Gasteiger partial charge >= 0.3 is 0 Å². The van der Waals surface area contributed by atoms with E-state index in [9.17, 15) is 0 Å². The van der Waals surface area contributed by atoms with E-state index in [1.165, 1.54) is 0 Å². The van der Waals surface area contributed by atoms with Crippen LogP contribution in [0.25, 0.3) is 38.9 Å². The molecule has 0 bridgehead atoms. The number of nitrogens with zero attached hydrogens (tertiary/aromatic N) is 4. The maximum atomic E-state index is 4.57. The van der Waals surface area contributed by atoms with Crippen molar-refractivity contribution in [3.05, 3.63) is 73.4 Å². The highest BCUT2D eigenvalue weighted by Gasteiger charge is 2.10. The molecule has 0 atom stereocenters. The third-order valence-corrected chi connectivity index (χ3v) is 4.22. The Morgan fingerprint density at radius 1 is 0.875 bits per heavy atom. The molecule has 4 heterocycles. The molecule has 5 nitrogen and oxygen atoms in total. The number of hydrogen-bond acceptors (Lipinski definition) is 3. The Morgan fingerprint density at radius 3 is 2.71 bits per heavy atom. The molecule has 1 N–H and O–H groups in total. The average Bonchev–Trinajstić information content (AvgIpc) is 3.27. The van der Waals surface area contributed by atoms with Gasteiger partial charge in [-0.25, -0.2) is 14.5 Å². The van der Waals surface area contributed by atoms with Crippen LogP contribution in [0.15, 0.2) is 73.4 Å². The van der Waals surface area contributed by atoms with Crippen LogP contribution in [0.3, 0.4) is 0 Å². The number of benzene rings is 1. The SMILES string of the molecule is c1ccc(-c2cnc3[nH]cc(-c4ccc5ncnn5c4)c3c2)cc1. The second-order valence-corrected chi connectivity index (χ2v) is 5.67. The van der Waals surface area contributed by atoms with Gasteiger partial charge in [0.25, 0.3) is 0 Å². The van der Waals surface area contributed by atoms with E-state index in [0.29, 0.717) is 0 Å². The largest absolute Gasteiger partial charge is 0.346 e. The first-order chi connectivity index (χ1) is 11.9. The highest BCUT2D eigenvalue weighted by molar-refractivity contribution is 5.95. The van der Waals surface area contributed by atoms with Crippen molar-refractivity contribution in [2.45, 2.75) is 0 Å². The van der Waals surface area contributed by atoms with E-state index in [-0.39, 0.29) is 0 Å². The summed E-state index contributed by atoms with van der Waals surface area (Å²) in [6.07, 6.45) is 7.44. The molecule has 0 spiro atoms. The fourth-order valence-corrected chi connectivity index (χ4v) is 3.01. The maximum Gasteiger partial charge on any atom is 0.155 e. The third kappa shape index (κ3) is 1.99. The van der Waals surface area contributed by atoms with Crippen molar-refractivity contribution >= 4 is 16.7 Å². The van der Waals surface area contributed by atoms with Crippen LogP contribution < -0.4 is 0 Å². The minimum absolute atomic E-state index is 0.835. The minimum atomic E-state index is 0.835. The zero-order valence-electron chi connectivity index (χ0n) is 12.7. The molecule has 0 aliphatic rings. The molecule has 5 aromatic rings. The first-order valence-corrected chi connectivity index (χ1v) is 7.71. The van der Waals surface area contributed by atoms with Crippen molar-refractivity contribution in [3.63, 3.8) is 0 Å². The number of aromatic amines is 1. The van der Waals surface area contributed by atoms with E-state index in [0.717, 1.165) is 38.9 Å². The van der Waals surface area contributed by atoms with Gasteiger partial charge in [0.2, 0.25) is 0 Å². The number of hydrogen-bond donors (Lipinski definition) is 1. The number of aromatic nitrogens is 5. The Hall–Kier alpha value is -3.47. The molecular formula is C19H13N5. The molecule has 5 heteroatoms. The summed E-state index contributed by atoms with van der Waals surface area (Å²) < 4.78 is 1.78. The van der Waals surface area contributed by atoms with Crippen molar-refractivity contribution in [1.29, 1.82) is 0 Å². The predicted molar refractivity (Wildman–Crippen MR) is 93.5 cm³/mol. The fraction of sp³-hybridized carbons (Fsp3) is 0. The van der Waals surface area contributed by atoms with Crippen LogP contribution in [0.2, 0.25) is 0 Å². The highest BCUT2D eigenvalue weighted by Crippen LogP contribution is 2.30. The minimum Gasteiger partial charge on any atom is -0.346 e. The van der Waals surface area contributed by atoms with Gasteiger partial charge < -0.3 is 4.98 Å². The first-order valence-electron chi connectivity index (χ1n) is 7.71. The normalized spacial score (nSPS) is 11.3. The van der Waals surface area contributed by atoms with Crippen LogP contribution in [-0.4, -0.2) is 24.6 Å². The fourth-order valence-electron chi connectivity index (χ4n) is 3.01. The lowest BCUT2D eigenvalue weighted by molar-refractivity contribution is 0.963. The Balaban J connectivity index is 1.71. The van der Waals surface area contributed by atoms with Crippen molar-refractivity contribution in [1.82, 2.24) is 24.6 Å². The monoisotopic (exact) mass is 311 g/mol. The molecule has 0 radical (unpaired) electrons. The summed E-state index contributed by atoms with van der Waals surface area (Å²) in [5.41, 5.74) is 6.15. The van der Waals surface area contributed by atoms with Gasteiger partial charge in [0.05, 0.1) is 0 Å². The average molecular weight is 311 g/mol. The molecule has 0 saturated heterocycles. The first kappa shape index (κ1) is 13.0. The lowest BCUT2D eigenvalue weighted by atomic mass is 10.0. The summed E-state index contributed by atoms with van der Waals surface area (Å²) in [7, 11) is 0. The summed E-state index contributed by atoms with van der Waals surface area (Å²) in [5.74, 6) is 0. The molecular weight excluding hydrogens is 298 g/mol. The van der Waals surface area contributed by atoms with Gasteiger partial charge in [-0.05, 0) is 23.8 Å². The van der Waals surface area contributed by atoms with Gasteiger partial charge in [-0.2, -0.15) is 5.10 Å². The van der Waals surface area contributed by atoms with Crippen molar-refractivity contribution in [3.8, 4) is 22.3 Å². The highest BCUT2D eigenvalue weighted by atomic mass is 15.3. The number of pyridine rings is 2. The summed E-state index contributed by atoms with van der Waals surface area (Å²) in [5, 5.41) is 5.31. The van der Waals surface area contributed by atoms with E-state index < -0.39 is 0 Å². The van der Waals surface area contributed by atoms with Gasteiger partial charge in [-0.1, -0.05) is 30.3 Å². The molecule has 0 aliphatic carbocycles. The smallest absolute Gasteiger partial charge is 0.155 e. The summed E-state index contributed by atoms with van der Waals surface area (Å²) in [6, 6.07) is 16.5. The molecule has 114 valence electrons. The summed E-state index contributed by atoms with van der Waals surface area (Å²) >= 11 is 0. The van der Waals surface area contributed by atoms with Crippen LogP contribution in [0.5, 0.6) is 0 Å². The van der Waals surface area contributed by atoms with Gasteiger partial charge in [0, 0.05) is 40.7 Å². The van der Waals surface area contributed by atoms with Crippen molar-refractivity contribution in [2.24, 2.45) is 0 Å². The molecule has 4 aromatic heterocycles. The lowest BCUT2D eigenvalue weighted by Gasteiger charge is -2.03. The summed E-state index contributed by atoms with van der Waals surface area (Å²) in [6.45, 7) is 0. The van der Waals surface area contributed by atoms with E-state index >= 15 is 0 Å². The van der Waals surface area contributed by atoms with Gasteiger partial charge in [-0.3, -0.25) is 0 Å². The Morgan fingerprint density at radius 2 is 1.79 bits per heavy atom. The molecule has 0 saturated carbocycles. The van der Waals surface area contributed by atoms with Crippen molar-refractivity contribution < 1.29 is 0 Å². The summed E-state index contributed by atoms with van der Waals surface area (Å²) in [4.78, 5) is 12.0. The second kappa shape index (κ2) is 5.03. The van der Waals surface area contributed by atoms with E-state index in [1.807, 2.05) is 42.9 Å². The Labute approximate surface area is 137 Å². The standard InChI is InChI=1S/C19H13N5/c1-2-4-13(5-3-1)15-8-16-17(10-21-19(16)20-9-15)14-6-7-18-22-12-23-24(18)11-14/h1-12H,(H,20,21). The van der Waals surface area contributed by atoms with Crippen LogP contribution in [-0.2, 0) is 0 Å². The van der Waals surface area contributed by atoms with E-state index in [2.05, 4.69) is 44.3 Å². The number of H-pyrrole nitrogens is 1. The van der Waals surface area contributed by atoms with Gasteiger partial charge in [0.15, 0.2) is 5.65 Å². The topological polar surface area (TPSA) is 58.9 Å². The Kier molecular flexibility index (Phi) is 2.72. The molecule has 0 unspecified atom stereocenters. The number of fused-ring (bicyclic) bond motifs is 2. The van der Waals surface area contributed by atoms with E-state index in [1.54, 1.807) is 10.8 Å². The van der Waals surface area contributed by atoms with Crippen LogP contribution in [0.4, 0.5) is 0 Å². The van der Waals surface area contributed by atoms with Gasteiger partial charge in [-0.15, -0.1) is 0 Å². The molecule has 1 aromatic carbocycles. The second-order valence-electron chi connectivity index (χ2n) is 5.67. The number of nitrogens with one attached hydrogen (secondary N) is 1. The molecule has 24 heavy (non-hydrogen) atoms. The van der Waals surface area contributed by atoms with Crippen LogP contribution >= 0.6 is 0 Å². The van der Waals surface area contributed by atoms with E-state index in [4.69, 9.17) is 0 Å². The zero-order chi connectivity index (χ0) is 15.9. The molecule has 0 amide bonds. The maximum absolute atomic E-state index is 4.57. The Bertz CT molecular complexity index is 1150. The lowest BCUT2D eigenvalue weighted by Crippen LogP contribution is -1.88. The molecule has 5 rings (SSSR count). The van der Waals surface area contributed by atoms with Crippen LogP contribution in [0, 0.1) is 0 Å². The predicted octanol–water partition coefficient (Wildman–Crippen LogP) is 3.94. The number of rotatable bonds is 2. The van der Waals surface area contributed by atoms with Crippen molar-refractivity contribution in [2.75, 3.05) is 0 Å². The third-order valence-electron chi connectivity index (χ3n) is 4.22. The zero-order valence-corrected chi connectivity index (χ0v) is 12.7. The van der Waals surface area contributed by atoms with Gasteiger partial charge in [0.1, 0.15) is 12.0 Å². The van der Waals surface area contributed by atoms with Crippen LogP contribution in [0.1, 0.15) is 0 Å². The quantitative estimate of drug-likeness (QED) is 0.537. The molecule has 0 aliphatic heterocycles.